The lowest BCUT2D eigenvalue weighted by atomic mass is 10.2. The van der Waals surface area contributed by atoms with Crippen LogP contribution in [0.25, 0.3) is 0 Å². The summed E-state index contributed by atoms with van der Waals surface area (Å²) in [6, 6.07) is 10.0. The Hall–Kier alpha value is -2.07. The third kappa shape index (κ3) is 4.21. The second-order valence-electron chi connectivity index (χ2n) is 5.70. The van der Waals surface area contributed by atoms with Gasteiger partial charge in [0.2, 0.25) is 0 Å². The minimum Gasteiger partial charge on any atom is -0.493 e. The Morgan fingerprint density at radius 2 is 1.91 bits per heavy atom. The van der Waals surface area contributed by atoms with Gasteiger partial charge in [-0.2, -0.15) is 0 Å². The van der Waals surface area contributed by atoms with E-state index in [2.05, 4.69) is 16.4 Å². The molecule has 0 bridgehead atoms. The van der Waals surface area contributed by atoms with E-state index >= 15 is 0 Å². The smallest absolute Gasteiger partial charge is 0.161 e. The maximum absolute atomic E-state index is 5.85. The van der Waals surface area contributed by atoms with E-state index in [0.29, 0.717) is 6.61 Å². The van der Waals surface area contributed by atoms with Crippen molar-refractivity contribution in [2.24, 2.45) is 5.92 Å². The van der Waals surface area contributed by atoms with Gasteiger partial charge in [-0.05, 0) is 60.7 Å². The predicted molar refractivity (Wildman–Crippen MR) is 86.0 cm³/mol. The molecule has 4 heteroatoms. The lowest BCUT2D eigenvalue weighted by molar-refractivity contribution is 0.284. The molecule has 1 aromatic heterocycles. The summed E-state index contributed by atoms with van der Waals surface area (Å²) in [7, 11) is 1.68. The van der Waals surface area contributed by atoms with Crippen LogP contribution in [0.3, 0.4) is 0 Å². The highest BCUT2D eigenvalue weighted by Crippen LogP contribution is 2.30. The Labute approximate surface area is 131 Å². The van der Waals surface area contributed by atoms with Crippen LogP contribution in [0.15, 0.2) is 42.7 Å². The minimum absolute atomic E-state index is 0.512. The van der Waals surface area contributed by atoms with Crippen molar-refractivity contribution in [3.8, 4) is 11.5 Å². The van der Waals surface area contributed by atoms with E-state index in [1.54, 1.807) is 19.5 Å². The SMILES string of the molecule is COc1cc(CNCC2CC2)ccc1OCc1ccncc1. The second-order valence-corrected chi connectivity index (χ2v) is 5.70. The van der Waals surface area contributed by atoms with Crippen molar-refractivity contribution in [3.63, 3.8) is 0 Å². The molecule has 1 N–H and O–H groups in total. The molecular formula is C18H22N2O2. The van der Waals surface area contributed by atoms with Gasteiger partial charge in [-0.1, -0.05) is 6.07 Å². The summed E-state index contributed by atoms with van der Waals surface area (Å²) in [5.74, 6) is 2.44. The first kappa shape index (κ1) is 14.9. The molecule has 1 aliphatic rings. The Bertz CT molecular complexity index is 597. The lowest BCUT2D eigenvalue weighted by Crippen LogP contribution is -2.16. The van der Waals surface area contributed by atoms with Crippen molar-refractivity contribution >= 4 is 0 Å². The molecule has 0 spiro atoms. The van der Waals surface area contributed by atoms with Crippen molar-refractivity contribution in [2.45, 2.75) is 26.0 Å². The Kier molecular flexibility index (Phi) is 4.91. The number of nitrogens with one attached hydrogen (secondary N) is 1. The van der Waals surface area contributed by atoms with Gasteiger partial charge >= 0.3 is 0 Å². The first-order valence-corrected chi connectivity index (χ1v) is 7.74. The van der Waals surface area contributed by atoms with Crippen LogP contribution in [0.2, 0.25) is 0 Å². The number of hydrogen-bond donors (Lipinski definition) is 1. The summed E-state index contributed by atoms with van der Waals surface area (Å²) in [6.07, 6.45) is 6.28. The van der Waals surface area contributed by atoms with Crippen LogP contribution in [-0.2, 0) is 13.2 Å². The van der Waals surface area contributed by atoms with Gasteiger partial charge in [0.15, 0.2) is 11.5 Å². The van der Waals surface area contributed by atoms with Crippen LogP contribution in [0.4, 0.5) is 0 Å². The van der Waals surface area contributed by atoms with Gasteiger partial charge in [-0.3, -0.25) is 4.98 Å². The highest BCUT2D eigenvalue weighted by Gasteiger charge is 2.20. The van der Waals surface area contributed by atoms with Gasteiger partial charge in [0.25, 0.3) is 0 Å². The van der Waals surface area contributed by atoms with Gasteiger partial charge in [-0.15, -0.1) is 0 Å². The predicted octanol–water partition coefficient (Wildman–Crippen LogP) is 3.17. The van der Waals surface area contributed by atoms with E-state index in [4.69, 9.17) is 9.47 Å². The quantitative estimate of drug-likeness (QED) is 0.813. The monoisotopic (exact) mass is 298 g/mol. The van der Waals surface area contributed by atoms with Crippen LogP contribution in [0.1, 0.15) is 24.0 Å². The Morgan fingerprint density at radius 3 is 2.64 bits per heavy atom. The van der Waals surface area contributed by atoms with Crippen LogP contribution in [-0.4, -0.2) is 18.6 Å². The molecule has 0 unspecified atom stereocenters. The maximum Gasteiger partial charge on any atom is 0.161 e. The van der Waals surface area contributed by atoms with Crippen LogP contribution in [0.5, 0.6) is 11.5 Å². The standard InChI is InChI=1S/C18H22N2O2/c1-21-18-10-16(12-20-11-14-2-3-14)4-5-17(18)22-13-15-6-8-19-9-7-15/h4-10,14,20H,2-3,11-13H2,1H3. The number of pyridine rings is 1. The molecule has 0 amide bonds. The minimum atomic E-state index is 0.512. The lowest BCUT2D eigenvalue weighted by Gasteiger charge is -2.12. The van der Waals surface area contributed by atoms with Crippen molar-refractivity contribution in [1.82, 2.24) is 10.3 Å². The van der Waals surface area contributed by atoms with Gasteiger partial charge < -0.3 is 14.8 Å². The summed E-state index contributed by atoms with van der Waals surface area (Å²) >= 11 is 0. The number of hydrogen-bond acceptors (Lipinski definition) is 4. The number of nitrogens with zero attached hydrogens (tertiary/aromatic N) is 1. The van der Waals surface area contributed by atoms with Gasteiger partial charge in [0, 0.05) is 18.9 Å². The molecule has 4 nitrogen and oxygen atoms in total. The van der Waals surface area contributed by atoms with Gasteiger partial charge in [0.1, 0.15) is 6.61 Å². The average molecular weight is 298 g/mol. The topological polar surface area (TPSA) is 43.4 Å². The fraction of sp³-hybridized carbons (Fsp3) is 0.389. The van der Waals surface area contributed by atoms with Crippen molar-refractivity contribution in [3.05, 3.63) is 53.9 Å². The average Bonchev–Trinajstić information content (AvgIpc) is 3.38. The Balaban J connectivity index is 1.58. The van der Waals surface area contributed by atoms with Crippen molar-refractivity contribution in [2.75, 3.05) is 13.7 Å². The molecule has 1 fully saturated rings. The Morgan fingerprint density at radius 1 is 1.09 bits per heavy atom. The van der Waals surface area contributed by atoms with Gasteiger partial charge in [0.05, 0.1) is 7.11 Å². The van der Waals surface area contributed by atoms with E-state index in [-0.39, 0.29) is 0 Å². The van der Waals surface area contributed by atoms with E-state index < -0.39 is 0 Å². The maximum atomic E-state index is 5.85. The molecule has 116 valence electrons. The molecule has 22 heavy (non-hydrogen) atoms. The van der Waals surface area contributed by atoms with E-state index in [9.17, 15) is 0 Å². The summed E-state index contributed by atoms with van der Waals surface area (Å²) in [4.78, 5) is 4.00. The zero-order valence-electron chi connectivity index (χ0n) is 12.9. The molecule has 0 saturated heterocycles. The normalized spacial score (nSPS) is 13.9. The number of rotatable bonds is 8. The zero-order valence-corrected chi connectivity index (χ0v) is 12.9. The molecular weight excluding hydrogens is 276 g/mol. The summed E-state index contributed by atoms with van der Waals surface area (Å²) in [6.45, 7) is 2.50. The fourth-order valence-corrected chi connectivity index (χ4v) is 2.32. The number of benzene rings is 1. The fourth-order valence-electron chi connectivity index (χ4n) is 2.32. The van der Waals surface area contributed by atoms with Crippen molar-refractivity contribution in [1.29, 1.82) is 0 Å². The first-order valence-electron chi connectivity index (χ1n) is 7.74. The highest BCUT2D eigenvalue weighted by atomic mass is 16.5. The molecule has 1 heterocycles. The second kappa shape index (κ2) is 7.27. The molecule has 1 saturated carbocycles. The third-order valence-electron chi connectivity index (χ3n) is 3.83. The summed E-state index contributed by atoms with van der Waals surface area (Å²) in [5, 5.41) is 3.49. The van der Waals surface area contributed by atoms with E-state index in [1.807, 2.05) is 24.3 Å². The molecule has 0 aliphatic heterocycles. The highest BCUT2D eigenvalue weighted by molar-refractivity contribution is 5.43. The molecule has 0 atom stereocenters. The summed E-state index contributed by atoms with van der Waals surface area (Å²) < 4.78 is 11.3. The van der Waals surface area contributed by atoms with Crippen LogP contribution in [0, 0.1) is 5.92 Å². The first-order chi connectivity index (χ1) is 10.8. The number of methoxy groups -OCH3 is 1. The summed E-state index contributed by atoms with van der Waals surface area (Å²) in [5.41, 5.74) is 2.31. The van der Waals surface area contributed by atoms with Crippen LogP contribution >= 0.6 is 0 Å². The zero-order chi connectivity index (χ0) is 15.2. The molecule has 1 aliphatic carbocycles. The number of ether oxygens (including phenoxy) is 2. The van der Waals surface area contributed by atoms with Crippen LogP contribution < -0.4 is 14.8 Å². The van der Waals surface area contributed by atoms with E-state index in [1.165, 1.54) is 18.4 Å². The molecule has 2 aromatic rings. The van der Waals surface area contributed by atoms with E-state index in [0.717, 1.165) is 36.1 Å². The van der Waals surface area contributed by atoms with Gasteiger partial charge in [-0.25, -0.2) is 0 Å². The number of aromatic nitrogens is 1. The third-order valence-corrected chi connectivity index (χ3v) is 3.83. The molecule has 0 radical (unpaired) electrons. The molecule has 3 rings (SSSR count). The largest absolute Gasteiger partial charge is 0.493 e. The van der Waals surface area contributed by atoms with Crippen molar-refractivity contribution < 1.29 is 9.47 Å². The molecule has 1 aromatic carbocycles.